The van der Waals surface area contributed by atoms with Gasteiger partial charge in [0.2, 0.25) is 0 Å². The maximum atomic E-state index is 13.3. The molecule has 0 amide bonds. The van der Waals surface area contributed by atoms with Crippen molar-refractivity contribution in [2.75, 3.05) is 0 Å². The molecule has 0 atom stereocenters. The summed E-state index contributed by atoms with van der Waals surface area (Å²) in [4.78, 5) is 0. The van der Waals surface area contributed by atoms with E-state index in [-0.39, 0.29) is 0 Å². The first kappa shape index (κ1) is 29.4. The van der Waals surface area contributed by atoms with Gasteiger partial charge in [0.1, 0.15) is 0 Å². The summed E-state index contributed by atoms with van der Waals surface area (Å²) in [6, 6.07) is 0. The van der Waals surface area contributed by atoms with Gasteiger partial charge in [0, 0.05) is 0 Å². The van der Waals surface area contributed by atoms with Crippen LogP contribution < -0.4 is 0 Å². The summed E-state index contributed by atoms with van der Waals surface area (Å²) in [5, 5.41) is 0. The van der Waals surface area contributed by atoms with Crippen molar-refractivity contribution in [3.05, 3.63) is 12.7 Å². The Hall–Kier alpha value is -1.59. The van der Waals surface area contributed by atoms with Gasteiger partial charge in [0.15, 0.2) is 0 Å². The zero-order chi connectivity index (χ0) is 25.9. The topological polar surface area (TPSA) is 0 Å². The molecule has 0 aliphatic rings. The van der Waals surface area contributed by atoms with Crippen molar-refractivity contribution < 1.29 is 83.4 Å². The Morgan fingerprint density at radius 1 is 0.419 bits per heavy atom. The van der Waals surface area contributed by atoms with Gasteiger partial charge in [-0.25, -0.2) is 0 Å². The average molecular weight is 510 g/mol. The highest BCUT2D eigenvalue weighted by molar-refractivity contribution is 5.16. The second kappa shape index (κ2) is 7.21. The van der Waals surface area contributed by atoms with E-state index in [1.54, 1.807) is 6.58 Å². The van der Waals surface area contributed by atoms with Crippen molar-refractivity contribution in [3.63, 3.8) is 0 Å². The third kappa shape index (κ3) is 4.00. The molecule has 0 saturated heterocycles. The Labute approximate surface area is 157 Å². The summed E-state index contributed by atoms with van der Waals surface area (Å²) < 4.78 is 244. The molecular formula is C12H5F19. The smallest absolute Gasteiger partial charge is 0.199 e. The zero-order valence-electron chi connectivity index (χ0n) is 13.7. The number of hydrogen-bond donors (Lipinski definition) is 0. The summed E-state index contributed by atoms with van der Waals surface area (Å²) in [6.07, 6.45) is -13.4. The standard InChI is InChI=1S/C12H5F19/c1-2-4(13,14)7(19,20)9(23,24)11(27,28)10(25,26)8(21,22)5(15,16)3-6(17,18)12(29,30)31/h2H,1,3H2. The number of rotatable bonds is 9. The van der Waals surface area contributed by atoms with E-state index in [1.165, 1.54) is 0 Å². The van der Waals surface area contributed by atoms with Crippen LogP contribution in [-0.4, -0.2) is 53.6 Å². The van der Waals surface area contributed by atoms with E-state index >= 15 is 0 Å². The molecule has 0 bridgehead atoms. The minimum atomic E-state index is -8.59. The molecule has 0 radical (unpaired) electrons. The summed E-state index contributed by atoms with van der Waals surface area (Å²) in [5.74, 6) is -62.7. The molecular weight excluding hydrogens is 505 g/mol. The van der Waals surface area contributed by atoms with E-state index < -0.39 is 66.1 Å². The van der Waals surface area contributed by atoms with Crippen LogP contribution in [0.25, 0.3) is 0 Å². The molecule has 0 saturated carbocycles. The molecule has 0 spiro atoms. The lowest BCUT2D eigenvalue weighted by atomic mass is 9.87. The van der Waals surface area contributed by atoms with Crippen LogP contribution in [0.2, 0.25) is 0 Å². The van der Waals surface area contributed by atoms with Gasteiger partial charge in [-0.05, 0) is 6.08 Å². The van der Waals surface area contributed by atoms with Crippen LogP contribution in [-0.2, 0) is 0 Å². The lowest BCUT2D eigenvalue weighted by Gasteiger charge is -2.42. The van der Waals surface area contributed by atoms with Gasteiger partial charge in [-0.2, -0.15) is 83.4 Å². The van der Waals surface area contributed by atoms with Gasteiger partial charge in [0.05, 0.1) is 6.42 Å². The number of halogens is 19. The lowest BCUT2D eigenvalue weighted by molar-refractivity contribution is -0.442. The second-order valence-electron chi connectivity index (χ2n) is 5.78. The molecule has 0 heterocycles. The average Bonchev–Trinajstić information content (AvgIpc) is 2.51. The summed E-state index contributed by atoms with van der Waals surface area (Å²) in [7, 11) is 0. The van der Waals surface area contributed by atoms with Crippen LogP contribution >= 0.6 is 0 Å². The van der Waals surface area contributed by atoms with Gasteiger partial charge in [0.25, 0.3) is 0 Å². The molecule has 0 aliphatic carbocycles. The lowest BCUT2D eigenvalue weighted by Crippen LogP contribution is -2.73. The SMILES string of the molecule is C=CC(F)(F)C(F)(F)C(F)(F)C(F)(F)C(F)(F)C(F)(F)C(F)(F)CC(F)(F)C(F)(F)F. The molecule has 0 unspecified atom stereocenters. The molecule has 186 valence electrons. The molecule has 31 heavy (non-hydrogen) atoms. The van der Waals surface area contributed by atoms with E-state index in [0.29, 0.717) is 0 Å². The van der Waals surface area contributed by atoms with E-state index in [0.717, 1.165) is 0 Å². The minimum absolute atomic E-state index is 1.54. The molecule has 0 aliphatic heterocycles. The highest BCUT2D eigenvalue weighted by Gasteiger charge is 2.93. The zero-order valence-corrected chi connectivity index (χ0v) is 13.7. The summed E-state index contributed by atoms with van der Waals surface area (Å²) in [5.41, 5.74) is 0. The molecule has 0 aromatic carbocycles. The third-order valence-corrected chi connectivity index (χ3v) is 3.57. The predicted molar refractivity (Wildman–Crippen MR) is 60.4 cm³/mol. The van der Waals surface area contributed by atoms with Gasteiger partial charge >= 0.3 is 53.6 Å². The summed E-state index contributed by atoms with van der Waals surface area (Å²) in [6.45, 7) is 1.75. The highest BCUT2D eigenvalue weighted by atomic mass is 19.4. The fourth-order valence-electron chi connectivity index (χ4n) is 1.65. The molecule has 0 aromatic rings. The van der Waals surface area contributed by atoms with Gasteiger partial charge in [-0.3, -0.25) is 0 Å². The first-order valence-electron chi connectivity index (χ1n) is 6.74. The Balaban J connectivity index is 6.64. The van der Waals surface area contributed by atoms with Crippen LogP contribution in [0.15, 0.2) is 12.7 Å². The molecule has 0 rings (SSSR count). The van der Waals surface area contributed by atoms with Crippen molar-refractivity contribution in [1.82, 2.24) is 0 Å². The maximum Gasteiger partial charge on any atom is 0.453 e. The van der Waals surface area contributed by atoms with E-state index in [4.69, 9.17) is 0 Å². The first-order chi connectivity index (χ1) is 13.0. The number of alkyl halides is 19. The fourth-order valence-corrected chi connectivity index (χ4v) is 1.65. The van der Waals surface area contributed by atoms with Crippen LogP contribution in [0, 0.1) is 0 Å². The Kier molecular flexibility index (Phi) is 6.84. The molecule has 0 N–H and O–H groups in total. The molecule has 0 nitrogen and oxygen atoms in total. The van der Waals surface area contributed by atoms with Crippen molar-refractivity contribution in [2.24, 2.45) is 0 Å². The van der Waals surface area contributed by atoms with Crippen molar-refractivity contribution >= 4 is 0 Å². The quantitative estimate of drug-likeness (QED) is 0.227. The van der Waals surface area contributed by atoms with Crippen molar-refractivity contribution in [2.45, 2.75) is 60.0 Å². The van der Waals surface area contributed by atoms with E-state index in [1.807, 2.05) is 0 Å². The number of hydrogen-bond acceptors (Lipinski definition) is 0. The Morgan fingerprint density at radius 2 is 0.710 bits per heavy atom. The van der Waals surface area contributed by atoms with Crippen LogP contribution in [0.5, 0.6) is 0 Å². The largest absolute Gasteiger partial charge is 0.453 e. The molecule has 19 heteroatoms. The highest BCUT2D eigenvalue weighted by Crippen LogP contribution is 2.63. The van der Waals surface area contributed by atoms with Crippen LogP contribution in [0.1, 0.15) is 6.42 Å². The molecule has 0 fully saturated rings. The number of allylic oxidation sites excluding steroid dienone is 1. The Morgan fingerprint density at radius 3 is 1.00 bits per heavy atom. The van der Waals surface area contributed by atoms with E-state index in [2.05, 4.69) is 0 Å². The predicted octanol–water partition coefficient (Wildman–Crippen LogP) is 7.21. The normalized spacial score (nSPS) is 16.5. The van der Waals surface area contributed by atoms with E-state index in [9.17, 15) is 83.4 Å². The van der Waals surface area contributed by atoms with Crippen LogP contribution in [0.3, 0.4) is 0 Å². The second-order valence-corrected chi connectivity index (χ2v) is 5.78. The minimum Gasteiger partial charge on any atom is -0.199 e. The third-order valence-electron chi connectivity index (χ3n) is 3.57. The van der Waals surface area contributed by atoms with Crippen LogP contribution in [0.4, 0.5) is 83.4 Å². The monoisotopic (exact) mass is 510 g/mol. The fraction of sp³-hybridized carbons (Fsp3) is 0.833. The molecule has 0 aromatic heterocycles. The Bertz CT molecular complexity index is 666. The maximum absolute atomic E-state index is 13.3. The first-order valence-corrected chi connectivity index (χ1v) is 6.74. The van der Waals surface area contributed by atoms with Gasteiger partial charge in [-0.1, -0.05) is 6.58 Å². The summed E-state index contributed by atoms with van der Waals surface area (Å²) >= 11 is 0. The van der Waals surface area contributed by atoms with Gasteiger partial charge < -0.3 is 0 Å². The van der Waals surface area contributed by atoms with Gasteiger partial charge in [-0.15, -0.1) is 0 Å². The van der Waals surface area contributed by atoms with Crippen molar-refractivity contribution in [1.29, 1.82) is 0 Å². The van der Waals surface area contributed by atoms with Crippen molar-refractivity contribution in [3.8, 4) is 0 Å².